The van der Waals surface area contributed by atoms with E-state index in [2.05, 4.69) is 26.1 Å². The van der Waals surface area contributed by atoms with Gasteiger partial charge in [0, 0.05) is 10.8 Å². The predicted octanol–water partition coefficient (Wildman–Crippen LogP) is 5.45. The normalized spacial score (nSPS) is 28.9. The van der Waals surface area contributed by atoms with Gasteiger partial charge < -0.3 is 10.1 Å². The topological polar surface area (TPSA) is 55.4 Å². The van der Waals surface area contributed by atoms with Gasteiger partial charge in [-0.1, -0.05) is 33.6 Å². The first-order valence-corrected chi connectivity index (χ1v) is 11.7. The molecule has 28 heavy (non-hydrogen) atoms. The molecule has 0 aromatic carbocycles. The van der Waals surface area contributed by atoms with Crippen LogP contribution in [0.5, 0.6) is 0 Å². The summed E-state index contributed by atoms with van der Waals surface area (Å²) >= 11 is 1.61. The van der Waals surface area contributed by atoms with Crippen LogP contribution in [0.4, 0.5) is 5.00 Å². The number of fused-ring (bicyclic) bond motifs is 3. The van der Waals surface area contributed by atoms with E-state index in [1.165, 1.54) is 31.2 Å². The Bertz CT molecular complexity index is 781. The summed E-state index contributed by atoms with van der Waals surface area (Å²) in [7, 11) is 1.43. The third-order valence-corrected chi connectivity index (χ3v) is 9.15. The molecule has 4 atom stereocenters. The fraction of sp³-hybridized carbons (Fsp3) is 0.739. The highest BCUT2D eigenvalue weighted by Gasteiger charge is 2.43. The lowest BCUT2D eigenvalue weighted by Gasteiger charge is -2.36. The highest BCUT2D eigenvalue weighted by Crippen LogP contribution is 2.50. The average molecular weight is 404 g/mol. The van der Waals surface area contributed by atoms with Crippen molar-refractivity contribution in [3.8, 4) is 0 Å². The van der Waals surface area contributed by atoms with Crippen LogP contribution in [-0.4, -0.2) is 19.0 Å². The molecule has 4 nitrogen and oxygen atoms in total. The van der Waals surface area contributed by atoms with E-state index in [1.54, 1.807) is 11.3 Å². The van der Waals surface area contributed by atoms with Gasteiger partial charge >= 0.3 is 5.97 Å². The van der Waals surface area contributed by atoms with Crippen LogP contribution in [0.2, 0.25) is 0 Å². The minimum absolute atomic E-state index is 0.112. The molecule has 0 spiro atoms. The first kappa shape index (κ1) is 19.9. The summed E-state index contributed by atoms with van der Waals surface area (Å²) in [5.74, 6) is 1.80. The largest absolute Gasteiger partial charge is 0.465 e. The lowest BCUT2D eigenvalue weighted by molar-refractivity contribution is -0.121. The summed E-state index contributed by atoms with van der Waals surface area (Å²) in [5.41, 5.74) is 2.02. The Balaban J connectivity index is 1.59. The lowest BCUT2D eigenvalue weighted by Crippen LogP contribution is -2.29. The zero-order valence-corrected chi connectivity index (χ0v) is 18.4. The van der Waals surface area contributed by atoms with Crippen molar-refractivity contribution in [2.24, 2.45) is 29.1 Å². The molecule has 5 heteroatoms. The van der Waals surface area contributed by atoms with Crippen molar-refractivity contribution in [1.82, 2.24) is 0 Å². The molecule has 1 N–H and O–H groups in total. The van der Waals surface area contributed by atoms with Gasteiger partial charge in [-0.25, -0.2) is 4.79 Å². The number of hydrogen-bond acceptors (Lipinski definition) is 4. The number of carbonyl (C=O) groups excluding carboxylic acids is 2. The van der Waals surface area contributed by atoms with Crippen LogP contribution in [0.15, 0.2) is 0 Å². The molecule has 2 bridgehead atoms. The van der Waals surface area contributed by atoms with Gasteiger partial charge in [0.2, 0.25) is 5.91 Å². The van der Waals surface area contributed by atoms with Gasteiger partial charge in [0.05, 0.1) is 12.7 Å². The molecule has 0 saturated heterocycles. The molecule has 1 amide bonds. The third-order valence-electron chi connectivity index (χ3n) is 7.98. The van der Waals surface area contributed by atoms with Gasteiger partial charge in [-0.15, -0.1) is 11.3 Å². The standard InChI is InChI=1S/C23H33NO3S/c1-5-23(2,3)15-8-9-16-18(12-15)28-21(19(16)22(26)27-4)24-20(25)17-11-13-6-7-14(17)10-13/h13-15,17H,5-12H2,1-4H3,(H,24,25)/t13-,14-,15-,17-/m0/s1. The van der Waals surface area contributed by atoms with Gasteiger partial charge in [-0.3, -0.25) is 4.79 Å². The molecule has 0 aliphatic heterocycles. The van der Waals surface area contributed by atoms with Crippen LogP contribution >= 0.6 is 11.3 Å². The fourth-order valence-corrected chi connectivity index (χ4v) is 7.04. The zero-order valence-electron chi connectivity index (χ0n) is 17.6. The number of nitrogens with one attached hydrogen (secondary N) is 1. The predicted molar refractivity (Wildman–Crippen MR) is 113 cm³/mol. The van der Waals surface area contributed by atoms with Crippen molar-refractivity contribution in [1.29, 1.82) is 0 Å². The first-order valence-electron chi connectivity index (χ1n) is 10.9. The maximum atomic E-state index is 13.0. The van der Waals surface area contributed by atoms with E-state index in [9.17, 15) is 9.59 Å². The number of anilines is 1. The number of carbonyl (C=O) groups is 2. The Morgan fingerprint density at radius 2 is 2.00 bits per heavy atom. The highest BCUT2D eigenvalue weighted by atomic mass is 32.1. The minimum atomic E-state index is -0.311. The zero-order chi connectivity index (χ0) is 20.1. The number of amides is 1. The molecular weight excluding hydrogens is 370 g/mol. The highest BCUT2D eigenvalue weighted by molar-refractivity contribution is 7.17. The molecule has 4 rings (SSSR count). The van der Waals surface area contributed by atoms with Crippen molar-refractivity contribution in [3.63, 3.8) is 0 Å². The second-order valence-electron chi connectivity index (χ2n) is 9.75. The maximum Gasteiger partial charge on any atom is 0.341 e. The van der Waals surface area contributed by atoms with E-state index in [0.29, 0.717) is 22.8 Å². The molecule has 0 radical (unpaired) electrons. The summed E-state index contributed by atoms with van der Waals surface area (Å²) in [6, 6.07) is 0. The maximum absolute atomic E-state index is 13.0. The summed E-state index contributed by atoms with van der Waals surface area (Å²) in [6.45, 7) is 6.94. The van der Waals surface area contributed by atoms with E-state index in [1.807, 2.05) is 0 Å². The summed E-state index contributed by atoms with van der Waals surface area (Å²) in [6.07, 6.45) is 8.82. The Kier molecular flexibility index (Phi) is 5.32. The first-order chi connectivity index (χ1) is 13.3. The van der Waals surface area contributed by atoms with Crippen molar-refractivity contribution >= 4 is 28.2 Å². The number of thiophene rings is 1. The van der Waals surface area contributed by atoms with Crippen molar-refractivity contribution in [3.05, 3.63) is 16.0 Å². The Morgan fingerprint density at radius 1 is 1.21 bits per heavy atom. The third kappa shape index (κ3) is 3.40. The molecule has 0 unspecified atom stereocenters. The molecule has 1 aromatic rings. The van der Waals surface area contributed by atoms with E-state index in [4.69, 9.17) is 4.74 Å². The smallest absolute Gasteiger partial charge is 0.341 e. The van der Waals surface area contributed by atoms with Crippen LogP contribution in [0.1, 0.15) is 80.1 Å². The van der Waals surface area contributed by atoms with E-state index >= 15 is 0 Å². The second kappa shape index (κ2) is 7.47. The molecule has 2 saturated carbocycles. The molecule has 3 aliphatic rings. The van der Waals surface area contributed by atoms with Gasteiger partial charge in [0.25, 0.3) is 0 Å². The van der Waals surface area contributed by atoms with Gasteiger partial charge in [0.15, 0.2) is 0 Å². The number of esters is 1. The fourth-order valence-electron chi connectivity index (χ4n) is 5.72. The molecular formula is C23H33NO3S. The number of ether oxygens (including phenoxy) is 1. The quantitative estimate of drug-likeness (QED) is 0.665. The van der Waals surface area contributed by atoms with Crippen LogP contribution in [0.25, 0.3) is 0 Å². The van der Waals surface area contributed by atoms with E-state index < -0.39 is 0 Å². The molecule has 1 aromatic heterocycles. The van der Waals surface area contributed by atoms with Gasteiger partial charge in [-0.05, 0) is 67.3 Å². The number of rotatable bonds is 5. The van der Waals surface area contributed by atoms with E-state index in [0.717, 1.165) is 48.6 Å². The van der Waals surface area contributed by atoms with Crippen LogP contribution in [-0.2, 0) is 22.4 Å². The van der Waals surface area contributed by atoms with Gasteiger partial charge in [-0.2, -0.15) is 0 Å². The van der Waals surface area contributed by atoms with Crippen LogP contribution in [0.3, 0.4) is 0 Å². The summed E-state index contributed by atoms with van der Waals surface area (Å²) in [5, 5.41) is 3.88. The number of methoxy groups -OCH3 is 1. The minimum Gasteiger partial charge on any atom is -0.465 e. The average Bonchev–Trinajstić information content (AvgIpc) is 3.40. The van der Waals surface area contributed by atoms with E-state index in [-0.39, 0.29) is 17.8 Å². The number of hydrogen-bond donors (Lipinski definition) is 1. The lowest BCUT2D eigenvalue weighted by atomic mass is 9.69. The summed E-state index contributed by atoms with van der Waals surface area (Å²) in [4.78, 5) is 26.8. The monoisotopic (exact) mass is 403 g/mol. The van der Waals surface area contributed by atoms with Crippen LogP contribution < -0.4 is 5.32 Å². The van der Waals surface area contributed by atoms with Crippen molar-refractivity contribution < 1.29 is 14.3 Å². The molecule has 154 valence electrons. The van der Waals surface area contributed by atoms with Gasteiger partial charge in [0.1, 0.15) is 5.00 Å². The van der Waals surface area contributed by atoms with Crippen molar-refractivity contribution in [2.75, 3.05) is 12.4 Å². The second-order valence-corrected chi connectivity index (χ2v) is 10.9. The van der Waals surface area contributed by atoms with Crippen molar-refractivity contribution in [2.45, 2.75) is 72.1 Å². The summed E-state index contributed by atoms with van der Waals surface area (Å²) < 4.78 is 5.09. The molecule has 2 fully saturated rings. The Morgan fingerprint density at radius 3 is 2.61 bits per heavy atom. The Labute approximate surface area is 172 Å². The SMILES string of the molecule is CCC(C)(C)[C@H]1CCc2c(sc(NC(=O)[C@H]3C[C@H]4CC[C@H]3C4)c2C(=O)OC)C1. The Hall–Kier alpha value is -1.36. The van der Waals surface area contributed by atoms with Crippen LogP contribution in [0, 0.1) is 29.1 Å². The molecule has 1 heterocycles. The molecule has 3 aliphatic carbocycles.